The van der Waals surface area contributed by atoms with Crippen LogP contribution in [0.1, 0.15) is 0 Å². The summed E-state index contributed by atoms with van der Waals surface area (Å²) in [6.07, 6.45) is 0. The van der Waals surface area contributed by atoms with Gasteiger partial charge in [-0.05, 0) is 11.6 Å². The maximum absolute atomic E-state index is 10.6. The summed E-state index contributed by atoms with van der Waals surface area (Å²) >= 11 is 11.2. The van der Waals surface area contributed by atoms with Gasteiger partial charge < -0.3 is 4.55 Å². The zero-order valence-electron chi connectivity index (χ0n) is 3.69. The fraction of sp³-hybridized carbons (Fsp3) is 0.333. The van der Waals surface area contributed by atoms with Crippen molar-refractivity contribution in [1.29, 1.82) is 0 Å². The predicted molar refractivity (Wildman–Crippen MR) is 39.3 cm³/mol. The van der Waals surface area contributed by atoms with Crippen LogP contribution in [0.4, 0.5) is 0 Å². The summed E-state index contributed by atoms with van der Waals surface area (Å²) in [5.74, 6) is 0. The zero-order chi connectivity index (χ0) is 6.15. The molecule has 5 heteroatoms. The molecule has 8 heavy (non-hydrogen) atoms. The van der Waals surface area contributed by atoms with Crippen molar-refractivity contribution in [1.82, 2.24) is 0 Å². The van der Waals surface area contributed by atoms with E-state index in [2.05, 4.69) is 0 Å². The lowest BCUT2D eigenvalue weighted by Crippen LogP contribution is -1.95. The first-order valence-electron chi connectivity index (χ1n) is 1.78. The first kappa shape index (κ1) is 7.09. The summed E-state index contributed by atoms with van der Waals surface area (Å²) in [7, 11) is 0. The Hall–Kier alpha value is 0.980. The molecule has 1 nitrogen and oxygen atoms in total. The molecule has 1 aliphatic rings. The Morgan fingerprint density at radius 1 is 1.62 bits per heavy atom. The molecular weight excluding hydrogens is 187 g/mol. The van der Waals surface area contributed by atoms with Crippen molar-refractivity contribution in [3.05, 3.63) is 8.73 Å². The van der Waals surface area contributed by atoms with E-state index in [1.54, 1.807) is 0 Å². The highest BCUT2D eigenvalue weighted by Gasteiger charge is 2.25. The summed E-state index contributed by atoms with van der Waals surface area (Å²) in [6, 6.07) is 0. The number of thioether (sulfide) groups is 1. The summed E-state index contributed by atoms with van der Waals surface area (Å²) in [5.41, 5.74) is 0. The average molecular weight is 189 g/mol. The molecule has 1 rings (SSSR count). The van der Waals surface area contributed by atoms with Crippen molar-refractivity contribution in [2.75, 3.05) is 5.08 Å². The first-order chi connectivity index (χ1) is 3.72. The SMILES string of the molecule is [O-][S+]1CSC(Cl)=C1Cl. The third kappa shape index (κ3) is 1.28. The average Bonchev–Trinajstić information content (AvgIpc) is 1.98. The van der Waals surface area contributed by atoms with E-state index in [-0.39, 0.29) is 0 Å². The van der Waals surface area contributed by atoms with Crippen LogP contribution in [0.5, 0.6) is 0 Å². The maximum Gasteiger partial charge on any atom is 0.245 e. The van der Waals surface area contributed by atoms with E-state index in [1.807, 2.05) is 0 Å². The van der Waals surface area contributed by atoms with Crippen LogP contribution >= 0.6 is 35.0 Å². The van der Waals surface area contributed by atoms with Crippen LogP contribution in [0.25, 0.3) is 0 Å². The smallest absolute Gasteiger partial charge is 0.245 e. The van der Waals surface area contributed by atoms with E-state index < -0.39 is 11.2 Å². The van der Waals surface area contributed by atoms with Crippen LogP contribution in [0, 0.1) is 0 Å². The Balaban J connectivity index is 2.71. The van der Waals surface area contributed by atoms with Gasteiger partial charge in [0.15, 0.2) is 5.08 Å². The van der Waals surface area contributed by atoms with E-state index in [1.165, 1.54) is 11.8 Å². The Labute approximate surface area is 64.6 Å². The second-order valence-electron chi connectivity index (χ2n) is 1.16. The normalized spacial score (nSPS) is 29.6. The molecule has 1 heterocycles. The third-order valence-electron chi connectivity index (χ3n) is 0.647. The van der Waals surface area contributed by atoms with Crippen molar-refractivity contribution in [3.63, 3.8) is 0 Å². The van der Waals surface area contributed by atoms with E-state index in [0.717, 1.165) is 0 Å². The van der Waals surface area contributed by atoms with Gasteiger partial charge >= 0.3 is 0 Å². The standard InChI is InChI=1S/C3H2Cl2OS2/c4-2-3(5)8(6)1-7-2/h1H2. The fourth-order valence-electron chi connectivity index (χ4n) is 0.303. The highest BCUT2D eigenvalue weighted by molar-refractivity contribution is 8.20. The lowest BCUT2D eigenvalue weighted by molar-refractivity contribution is 0.607. The molecule has 0 saturated heterocycles. The zero-order valence-corrected chi connectivity index (χ0v) is 6.83. The number of halogens is 2. The molecule has 46 valence electrons. The van der Waals surface area contributed by atoms with E-state index in [4.69, 9.17) is 23.2 Å². The van der Waals surface area contributed by atoms with Gasteiger partial charge in [0.1, 0.15) is 4.36 Å². The molecule has 0 radical (unpaired) electrons. The molecular formula is C3H2Cl2OS2. The molecule has 0 bridgehead atoms. The quantitative estimate of drug-likeness (QED) is 0.544. The Morgan fingerprint density at radius 2 is 2.25 bits per heavy atom. The van der Waals surface area contributed by atoms with E-state index >= 15 is 0 Å². The van der Waals surface area contributed by atoms with Crippen LogP contribution in [0.2, 0.25) is 0 Å². The van der Waals surface area contributed by atoms with Crippen LogP contribution in [-0.4, -0.2) is 9.64 Å². The summed E-state index contributed by atoms with van der Waals surface area (Å²) < 4.78 is 11.4. The molecule has 1 aliphatic heterocycles. The van der Waals surface area contributed by atoms with E-state index in [0.29, 0.717) is 13.8 Å². The Kier molecular flexibility index (Phi) is 2.40. The molecule has 0 aromatic heterocycles. The Bertz CT molecular complexity index is 135. The molecule has 0 fully saturated rings. The molecule has 0 spiro atoms. The van der Waals surface area contributed by atoms with Crippen LogP contribution in [0.15, 0.2) is 8.73 Å². The van der Waals surface area contributed by atoms with Gasteiger partial charge in [-0.3, -0.25) is 0 Å². The monoisotopic (exact) mass is 188 g/mol. The van der Waals surface area contributed by atoms with Crippen molar-refractivity contribution in [3.8, 4) is 0 Å². The fourth-order valence-corrected chi connectivity index (χ4v) is 3.53. The largest absolute Gasteiger partial charge is 0.610 e. The second-order valence-corrected chi connectivity index (χ2v) is 5.10. The molecule has 0 amide bonds. The molecule has 0 saturated carbocycles. The molecule has 0 aliphatic carbocycles. The molecule has 1 unspecified atom stereocenters. The van der Waals surface area contributed by atoms with Gasteiger partial charge in [0, 0.05) is 11.2 Å². The Morgan fingerprint density at radius 3 is 2.38 bits per heavy atom. The lowest BCUT2D eigenvalue weighted by Gasteiger charge is -1.96. The first-order valence-corrected chi connectivity index (χ1v) is 4.84. The highest BCUT2D eigenvalue weighted by atomic mass is 35.5. The number of rotatable bonds is 0. The molecule has 0 N–H and O–H groups in total. The number of hydrogen-bond donors (Lipinski definition) is 0. The minimum absolute atomic E-state index is 0.302. The van der Waals surface area contributed by atoms with E-state index in [9.17, 15) is 4.55 Å². The van der Waals surface area contributed by atoms with Crippen molar-refractivity contribution in [2.24, 2.45) is 0 Å². The van der Waals surface area contributed by atoms with Crippen molar-refractivity contribution >= 4 is 46.1 Å². The molecule has 0 aromatic rings. The van der Waals surface area contributed by atoms with Gasteiger partial charge in [-0.25, -0.2) is 0 Å². The van der Waals surface area contributed by atoms with Gasteiger partial charge in [0.2, 0.25) is 4.36 Å². The summed E-state index contributed by atoms with van der Waals surface area (Å²) in [5, 5.41) is 0.512. The van der Waals surface area contributed by atoms with Gasteiger partial charge in [-0.15, -0.1) is 0 Å². The van der Waals surface area contributed by atoms with Gasteiger partial charge in [-0.2, -0.15) is 0 Å². The van der Waals surface area contributed by atoms with Crippen LogP contribution in [0.3, 0.4) is 0 Å². The van der Waals surface area contributed by atoms with Gasteiger partial charge in [0.05, 0.1) is 0 Å². The van der Waals surface area contributed by atoms with Crippen molar-refractivity contribution in [2.45, 2.75) is 0 Å². The van der Waals surface area contributed by atoms with Gasteiger partial charge in [-0.1, -0.05) is 23.4 Å². The maximum atomic E-state index is 10.6. The number of hydrogen-bond acceptors (Lipinski definition) is 2. The van der Waals surface area contributed by atoms with Crippen LogP contribution in [-0.2, 0) is 11.2 Å². The summed E-state index contributed by atoms with van der Waals surface area (Å²) in [6.45, 7) is 0. The van der Waals surface area contributed by atoms with Crippen molar-refractivity contribution < 1.29 is 4.55 Å². The summed E-state index contributed by atoms with van der Waals surface area (Å²) in [4.78, 5) is 0. The third-order valence-corrected chi connectivity index (χ3v) is 4.71. The lowest BCUT2D eigenvalue weighted by atomic mass is 11.2. The highest BCUT2D eigenvalue weighted by Crippen LogP contribution is 2.38. The molecule has 0 aromatic carbocycles. The minimum atomic E-state index is -1.02. The minimum Gasteiger partial charge on any atom is -0.610 e. The van der Waals surface area contributed by atoms with Crippen LogP contribution < -0.4 is 0 Å². The second kappa shape index (κ2) is 2.71. The molecule has 1 atom stereocenters. The predicted octanol–water partition coefficient (Wildman–Crippen LogP) is 2.04. The topological polar surface area (TPSA) is 23.1 Å². The van der Waals surface area contributed by atoms with Gasteiger partial charge in [0.25, 0.3) is 0 Å².